The quantitative estimate of drug-likeness (QED) is 0.898. The summed E-state index contributed by atoms with van der Waals surface area (Å²) in [5.41, 5.74) is 1.23. The highest BCUT2D eigenvalue weighted by Gasteiger charge is 2.41. The number of hydrogen-bond acceptors (Lipinski definition) is 4. The van der Waals surface area contributed by atoms with Gasteiger partial charge in [-0.05, 0) is 37.8 Å². The molecule has 0 spiro atoms. The van der Waals surface area contributed by atoms with Crippen molar-refractivity contribution >= 4 is 5.91 Å². The summed E-state index contributed by atoms with van der Waals surface area (Å²) in [5, 5.41) is 3.08. The lowest BCUT2D eigenvalue weighted by atomic mass is 9.84. The van der Waals surface area contributed by atoms with Gasteiger partial charge in [0.2, 0.25) is 5.91 Å². The van der Waals surface area contributed by atoms with Gasteiger partial charge in [-0.15, -0.1) is 0 Å². The van der Waals surface area contributed by atoms with Gasteiger partial charge in [-0.3, -0.25) is 9.69 Å². The van der Waals surface area contributed by atoms with Gasteiger partial charge in [0.15, 0.2) is 0 Å². The fourth-order valence-corrected chi connectivity index (χ4v) is 3.79. The summed E-state index contributed by atoms with van der Waals surface area (Å²) in [6.07, 6.45) is 7.04. The van der Waals surface area contributed by atoms with E-state index in [-0.39, 0.29) is 17.9 Å². The van der Waals surface area contributed by atoms with E-state index in [1.165, 1.54) is 12.0 Å². The van der Waals surface area contributed by atoms with Gasteiger partial charge in [0.05, 0.1) is 25.2 Å². The van der Waals surface area contributed by atoms with E-state index >= 15 is 0 Å². The largest absolute Gasteiger partial charge is 0.472 e. The van der Waals surface area contributed by atoms with Gasteiger partial charge in [-0.1, -0.05) is 0 Å². The molecule has 3 heterocycles. The van der Waals surface area contributed by atoms with Crippen LogP contribution in [0.2, 0.25) is 0 Å². The molecule has 5 nitrogen and oxygen atoms in total. The zero-order chi connectivity index (χ0) is 14.9. The number of likely N-dealkylation sites (tertiary alicyclic amines) is 1. The second kappa shape index (κ2) is 6.05. The van der Waals surface area contributed by atoms with E-state index in [0.717, 1.165) is 39.1 Å². The number of carbonyl (C=O) groups excluding carboxylic acids is 1. The molecule has 0 aromatic carbocycles. The molecule has 0 unspecified atom stereocenters. The number of ether oxygens (including phenoxy) is 1. The summed E-state index contributed by atoms with van der Waals surface area (Å²) in [6.45, 7) is 4.65. The Bertz CT molecular complexity index is 512. The maximum absolute atomic E-state index is 11.8. The minimum absolute atomic E-state index is 0.180. The SMILES string of the molecule is O=C(NC[C@H]1OC[C@@H]2CCN(Cc3ccoc3)C[C@@H]21)C1CC1. The average Bonchev–Trinajstić information content (AvgIpc) is 3.12. The summed E-state index contributed by atoms with van der Waals surface area (Å²) in [6, 6.07) is 2.03. The van der Waals surface area contributed by atoms with Crippen molar-refractivity contribution in [1.29, 1.82) is 0 Å². The van der Waals surface area contributed by atoms with E-state index in [0.29, 0.717) is 18.4 Å². The minimum Gasteiger partial charge on any atom is -0.472 e. The van der Waals surface area contributed by atoms with E-state index in [1.807, 2.05) is 12.3 Å². The number of amides is 1. The van der Waals surface area contributed by atoms with Crippen molar-refractivity contribution in [3.05, 3.63) is 24.2 Å². The first kappa shape index (κ1) is 14.3. The van der Waals surface area contributed by atoms with E-state index in [4.69, 9.17) is 9.15 Å². The number of fused-ring (bicyclic) bond motifs is 1. The number of piperidine rings is 1. The molecule has 1 aromatic heterocycles. The van der Waals surface area contributed by atoms with Crippen molar-refractivity contribution in [3.63, 3.8) is 0 Å². The van der Waals surface area contributed by atoms with Gasteiger partial charge in [0.1, 0.15) is 0 Å². The molecule has 5 heteroatoms. The zero-order valence-electron chi connectivity index (χ0n) is 12.9. The third kappa shape index (κ3) is 3.06. The zero-order valence-corrected chi connectivity index (χ0v) is 12.9. The van der Waals surface area contributed by atoms with Crippen LogP contribution in [0.4, 0.5) is 0 Å². The summed E-state index contributed by atoms with van der Waals surface area (Å²) in [5.74, 6) is 1.70. The van der Waals surface area contributed by atoms with Crippen LogP contribution in [0.25, 0.3) is 0 Å². The van der Waals surface area contributed by atoms with Crippen molar-refractivity contribution in [1.82, 2.24) is 10.2 Å². The molecule has 1 N–H and O–H groups in total. The molecule has 0 bridgehead atoms. The van der Waals surface area contributed by atoms with Crippen LogP contribution in [0.15, 0.2) is 23.0 Å². The third-order valence-corrected chi connectivity index (χ3v) is 5.30. The normalized spacial score (nSPS) is 31.9. The Morgan fingerprint density at radius 2 is 2.27 bits per heavy atom. The van der Waals surface area contributed by atoms with Gasteiger partial charge in [-0.2, -0.15) is 0 Å². The molecular formula is C17H24N2O3. The van der Waals surface area contributed by atoms with Crippen LogP contribution in [0.1, 0.15) is 24.8 Å². The standard InChI is InChI=1S/C17H24N2O3/c20-17(13-1-2-13)18-7-16-15-9-19(5-3-14(15)11-22-16)8-12-4-6-21-10-12/h4,6,10,13-16H,1-3,5,7-9,11H2,(H,18,20)/t14-,15-,16+/m0/s1. The molecule has 2 saturated heterocycles. The predicted molar refractivity (Wildman–Crippen MR) is 81.1 cm³/mol. The average molecular weight is 304 g/mol. The number of hydrogen-bond donors (Lipinski definition) is 1. The molecular weight excluding hydrogens is 280 g/mol. The number of nitrogens with one attached hydrogen (secondary N) is 1. The lowest BCUT2D eigenvalue weighted by Crippen LogP contribution is -2.45. The van der Waals surface area contributed by atoms with Crippen LogP contribution in [0.3, 0.4) is 0 Å². The second-order valence-electron chi connectivity index (χ2n) is 6.97. The van der Waals surface area contributed by atoms with Crippen LogP contribution in [-0.2, 0) is 16.1 Å². The lowest BCUT2D eigenvalue weighted by Gasteiger charge is -2.35. The molecule has 3 atom stereocenters. The smallest absolute Gasteiger partial charge is 0.223 e. The van der Waals surface area contributed by atoms with Gasteiger partial charge in [-0.25, -0.2) is 0 Å². The molecule has 1 aliphatic carbocycles. The lowest BCUT2D eigenvalue weighted by molar-refractivity contribution is -0.122. The summed E-state index contributed by atoms with van der Waals surface area (Å²) < 4.78 is 11.1. The first-order valence-corrected chi connectivity index (χ1v) is 8.42. The van der Waals surface area contributed by atoms with E-state index in [9.17, 15) is 4.79 Å². The predicted octanol–water partition coefficient (Wildman–Crippen LogP) is 1.64. The minimum atomic E-state index is 0.180. The van der Waals surface area contributed by atoms with Crippen LogP contribution >= 0.6 is 0 Å². The van der Waals surface area contributed by atoms with Gasteiger partial charge < -0.3 is 14.5 Å². The van der Waals surface area contributed by atoms with Crippen molar-refractivity contribution in [2.45, 2.75) is 31.9 Å². The maximum Gasteiger partial charge on any atom is 0.223 e. The van der Waals surface area contributed by atoms with E-state index < -0.39 is 0 Å². The Morgan fingerprint density at radius 3 is 3.05 bits per heavy atom. The molecule has 1 saturated carbocycles. The molecule has 120 valence electrons. The van der Waals surface area contributed by atoms with Crippen molar-refractivity contribution in [2.24, 2.45) is 17.8 Å². The number of rotatable bonds is 5. The summed E-state index contributed by atoms with van der Waals surface area (Å²) in [4.78, 5) is 14.3. The monoisotopic (exact) mass is 304 g/mol. The van der Waals surface area contributed by atoms with Crippen LogP contribution < -0.4 is 5.32 Å². The molecule has 1 aromatic rings. The van der Waals surface area contributed by atoms with E-state index in [1.54, 1.807) is 6.26 Å². The van der Waals surface area contributed by atoms with Gasteiger partial charge in [0.25, 0.3) is 0 Å². The molecule has 3 fully saturated rings. The number of furan rings is 1. The second-order valence-corrected chi connectivity index (χ2v) is 6.97. The van der Waals surface area contributed by atoms with Gasteiger partial charge in [0, 0.05) is 37.0 Å². The Balaban J connectivity index is 1.31. The van der Waals surface area contributed by atoms with Crippen LogP contribution in [0.5, 0.6) is 0 Å². The molecule has 1 amide bonds. The van der Waals surface area contributed by atoms with Gasteiger partial charge >= 0.3 is 0 Å². The number of carbonyl (C=O) groups is 1. The summed E-state index contributed by atoms with van der Waals surface area (Å²) >= 11 is 0. The number of nitrogens with zero attached hydrogens (tertiary/aromatic N) is 1. The first-order chi connectivity index (χ1) is 10.8. The fraction of sp³-hybridized carbons (Fsp3) is 0.706. The van der Waals surface area contributed by atoms with Crippen LogP contribution in [-0.4, -0.2) is 43.2 Å². The Labute approximate surface area is 131 Å². The Kier molecular flexibility index (Phi) is 3.92. The first-order valence-electron chi connectivity index (χ1n) is 8.42. The highest BCUT2D eigenvalue weighted by molar-refractivity contribution is 5.80. The third-order valence-electron chi connectivity index (χ3n) is 5.30. The molecule has 2 aliphatic heterocycles. The topological polar surface area (TPSA) is 54.7 Å². The Morgan fingerprint density at radius 1 is 1.36 bits per heavy atom. The fourth-order valence-electron chi connectivity index (χ4n) is 3.79. The summed E-state index contributed by atoms with van der Waals surface area (Å²) in [7, 11) is 0. The highest BCUT2D eigenvalue weighted by Crippen LogP contribution is 2.35. The van der Waals surface area contributed by atoms with Crippen molar-refractivity contribution in [3.8, 4) is 0 Å². The van der Waals surface area contributed by atoms with Crippen LogP contribution in [0, 0.1) is 17.8 Å². The molecule has 0 radical (unpaired) electrons. The molecule has 4 rings (SSSR count). The molecule has 3 aliphatic rings. The molecule has 22 heavy (non-hydrogen) atoms. The van der Waals surface area contributed by atoms with Crippen molar-refractivity contribution < 1.29 is 13.9 Å². The van der Waals surface area contributed by atoms with E-state index in [2.05, 4.69) is 10.2 Å². The Hall–Kier alpha value is -1.33. The highest BCUT2D eigenvalue weighted by atomic mass is 16.5. The maximum atomic E-state index is 11.8. The van der Waals surface area contributed by atoms with Crippen molar-refractivity contribution in [2.75, 3.05) is 26.2 Å².